The Morgan fingerprint density at radius 3 is 2.27 bits per heavy atom. The van der Waals surface area contributed by atoms with Crippen LogP contribution in [-0.2, 0) is 13.6 Å². The first-order chi connectivity index (χ1) is 10.1. The molecule has 0 spiro atoms. The van der Waals surface area contributed by atoms with E-state index in [4.69, 9.17) is 8.85 Å². The molecule has 0 heterocycles. The third-order valence-corrected chi connectivity index (χ3v) is 11.0. The number of carbonyl (C=O) groups is 1. The molecule has 3 nitrogen and oxygen atoms in total. The van der Waals surface area contributed by atoms with Gasteiger partial charge in [0.25, 0.3) is 0 Å². The van der Waals surface area contributed by atoms with Gasteiger partial charge in [-0.2, -0.15) is 0 Å². The van der Waals surface area contributed by atoms with Crippen LogP contribution in [0.15, 0.2) is 42.5 Å². The van der Waals surface area contributed by atoms with Crippen molar-refractivity contribution < 1.29 is 13.6 Å². The van der Waals surface area contributed by atoms with Gasteiger partial charge in [-0.25, -0.2) is 4.79 Å². The molecule has 0 radical (unpaired) electrons. The molecule has 0 aromatic heterocycles. The number of rotatable bonds is 8. The molecule has 0 saturated heterocycles. The summed E-state index contributed by atoms with van der Waals surface area (Å²) in [6.45, 7) is 14.7. The SMILES string of the molecule is C=C(C)C(=O)OCCC[Si](C)(C)O[Si](C)(C)c1ccccc1. The molecule has 0 aliphatic carbocycles. The highest BCUT2D eigenvalue weighted by atomic mass is 28.4. The van der Waals surface area contributed by atoms with Crippen LogP contribution < -0.4 is 5.19 Å². The van der Waals surface area contributed by atoms with Crippen molar-refractivity contribution >= 4 is 27.8 Å². The van der Waals surface area contributed by atoms with Crippen molar-refractivity contribution in [3.8, 4) is 0 Å². The van der Waals surface area contributed by atoms with Gasteiger partial charge in [0.05, 0.1) is 6.61 Å². The first-order valence-electron chi connectivity index (χ1n) is 7.72. The van der Waals surface area contributed by atoms with Crippen molar-refractivity contribution in [2.24, 2.45) is 0 Å². The van der Waals surface area contributed by atoms with Gasteiger partial charge >= 0.3 is 5.97 Å². The van der Waals surface area contributed by atoms with Gasteiger partial charge in [-0.1, -0.05) is 36.9 Å². The summed E-state index contributed by atoms with van der Waals surface area (Å²) < 4.78 is 11.7. The van der Waals surface area contributed by atoms with E-state index in [1.165, 1.54) is 5.19 Å². The lowest BCUT2D eigenvalue weighted by molar-refractivity contribution is -0.138. The molecule has 0 N–H and O–H groups in total. The molecule has 122 valence electrons. The number of hydrogen-bond donors (Lipinski definition) is 0. The summed E-state index contributed by atoms with van der Waals surface area (Å²) in [4.78, 5) is 11.3. The zero-order valence-electron chi connectivity index (χ0n) is 14.4. The van der Waals surface area contributed by atoms with E-state index in [1.807, 2.05) is 6.07 Å². The smallest absolute Gasteiger partial charge is 0.333 e. The molecule has 22 heavy (non-hydrogen) atoms. The minimum atomic E-state index is -1.87. The van der Waals surface area contributed by atoms with Gasteiger partial charge in [0.1, 0.15) is 0 Å². The Bertz CT molecular complexity index is 510. The quantitative estimate of drug-likeness (QED) is 0.313. The van der Waals surface area contributed by atoms with Gasteiger partial charge in [0.2, 0.25) is 8.32 Å². The predicted molar refractivity (Wildman–Crippen MR) is 97.3 cm³/mol. The minimum Gasteiger partial charge on any atom is -0.462 e. The first kappa shape index (κ1) is 18.9. The normalized spacial score (nSPS) is 12.0. The van der Waals surface area contributed by atoms with Crippen LogP contribution in [0.4, 0.5) is 0 Å². The summed E-state index contributed by atoms with van der Waals surface area (Å²) in [6, 6.07) is 11.5. The van der Waals surface area contributed by atoms with E-state index in [0.29, 0.717) is 12.2 Å². The average molecular weight is 337 g/mol. The lowest BCUT2D eigenvalue weighted by atomic mass is 10.4. The number of hydrogen-bond acceptors (Lipinski definition) is 3. The molecule has 0 bridgehead atoms. The maximum Gasteiger partial charge on any atom is 0.333 e. The third kappa shape index (κ3) is 6.29. The fourth-order valence-electron chi connectivity index (χ4n) is 2.43. The van der Waals surface area contributed by atoms with Gasteiger partial charge in [-0.05, 0) is 50.8 Å². The number of benzene rings is 1. The summed E-state index contributed by atoms with van der Waals surface area (Å²) in [7, 11) is -3.65. The van der Waals surface area contributed by atoms with Crippen LogP contribution in [-0.4, -0.2) is 29.2 Å². The maximum atomic E-state index is 11.3. The fourth-order valence-corrected chi connectivity index (χ4v) is 10.8. The van der Waals surface area contributed by atoms with Crippen LogP contribution in [0.1, 0.15) is 13.3 Å². The maximum absolute atomic E-state index is 11.3. The van der Waals surface area contributed by atoms with Crippen molar-refractivity contribution in [2.45, 2.75) is 45.6 Å². The molecule has 0 fully saturated rings. The topological polar surface area (TPSA) is 35.5 Å². The van der Waals surface area contributed by atoms with Gasteiger partial charge in [0.15, 0.2) is 8.32 Å². The second kappa shape index (κ2) is 7.90. The molecule has 0 saturated carbocycles. The van der Waals surface area contributed by atoms with Gasteiger partial charge in [-0.15, -0.1) is 0 Å². The van der Waals surface area contributed by atoms with Crippen molar-refractivity contribution in [3.05, 3.63) is 42.5 Å². The van der Waals surface area contributed by atoms with Crippen LogP contribution in [0.5, 0.6) is 0 Å². The number of carbonyl (C=O) groups excluding carboxylic acids is 1. The molecule has 1 aromatic carbocycles. The van der Waals surface area contributed by atoms with Crippen LogP contribution in [0.2, 0.25) is 32.2 Å². The van der Waals surface area contributed by atoms with Gasteiger partial charge in [-0.3, -0.25) is 0 Å². The van der Waals surface area contributed by atoms with Gasteiger partial charge < -0.3 is 8.85 Å². The molecule has 0 atom stereocenters. The van der Waals surface area contributed by atoms with E-state index in [9.17, 15) is 4.79 Å². The van der Waals surface area contributed by atoms with E-state index in [0.717, 1.165) is 12.5 Å². The molecular weight excluding hydrogens is 308 g/mol. The third-order valence-electron chi connectivity index (χ3n) is 3.51. The highest BCUT2D eigenvalue weighted by Gasteiger charge is 2.34. The molecular formula is C17H28O3Si2. The monoisotopic (exact) mass is 336 g/mol. The van der Waals surface area contributed by atoms with E-state index in [-0.39, 0.29) is 5.97 Å². The molecule has 0 aliphatic rings. The zero-order valence-corrected chi connectivity index (χ0v) is 16.4. The Kier molecular flexibility index (Phi) is 6.77. The van der Waals surface area contributed by atoms with Crippen LogP contribution in [0, 0.1) is 0 Å². The number of ether oxygens (including phenoxy) is 1. The van der Waals surface area contributed by atoms with Crippen LogP contribution >= 0.6 is 0 Å². The van der Waals surface area contributed by atoms with Crippen molar-refractivity contribution in [1.82, 2.24) is 0 Å². The summed E-state index contributed by atoms with van der Waals surface area (Å²) in [5, 5.41) is 1.32. The van der Waals surface area contributed by atoms with Crippen molar-refractivity contribution in [1.29, 1.82) is 0 Å². The summed E-state index contributed by atoms with van der Waals surface area (Å²) >= 11 is 0. The Balaban J connectivity index is 2.49. The largest absolute Gasteiger partial charge is 0.462 e. The van der Waals surface area contributed by atoms with Crippen LogP contribution in [0.25, 0.3) is 0 Å². The Labute approximate surface area is 136 Å². The van der Waals surface area contributed by atoms with Gasteiger partial charge in [0, 0.05) is 5.57 Å². The Morgan fingerprint density at radius 1 is 1.14 bits per heavy atom. The minimum absolute atomic E-state index is 0.306. The highest BCUT2D eigenvalue weighted by molar-refractivity contribution is 6.92. The first-order valence-corrected chi connectivity index (χ1v) is 13.7. The van der Waals surface area contributed by atoms with Crippen molar-refractivity contribution in [2.75, 3.05) is 6.61 Å². The lowest BCUT2D eigenvalue weighted by Gasteiger charge is -2.34. The predicted octanol–water partition coefficient (Wildman–Crippen LogP) is 3.83. The van der Waals surface area contributed by atoms with E-state index < -0.39 is 16.6 Å². The standard InChI is InChI=1S/C17H28O3Si2/c1-15(2)17(18)19-13-10-14-21(3,4)20-22(5,6)16-11-8-7-9-12-16/h7-9,11-12H,1,10,13-14H2,2-6H3. The Hall–Kier alpha value is -1.18. The molecule has 0 unspecified atom stereocenters. The second-order valence-corrected chi connectivity index (χ2v) is 15.2. The summed E-state index contributed by atoms with van der Waals surface area (Å²) in [5.41, 5.74) is 0.449. The van der Waals surface area contributed by atoms with E-state index in [2.05, 4.69) is 57.0 Å². The fraction of sp³-hybridized carbons (Fsp3) is 0.471. The zero-order chi connectivity index (χ0) is 16.8. The molecule has 1 aromatic rings. The van der Waals surface area contributed by atoms with Crippen LogP contribution in [0.3, 0.4) is 0 Å². The second-order valence-electron chi connectivity index (χ2n) is 6.76. The van der Waals surface area contributed by atoms with E-state index >= 15 is 0 Å². The summed E-state index contributed by atoms with van der Waals surface area (Å²) in [6.07, 6.45) is 0.845. The van der Waals surface area contributed by atoms with E-state index in [1.54, 1.807) is 6.92 Å². The van der Waals surface area contributed by atoms with Crippen molar-refractivity contribution in [3.63, 3.8) is 0 Å². The Morgan fingerprint density at radius 2 is 1.73 bits per heavy atom. The lowest BCUT2D eigenvalue weighted by Crippen LogP contribution is -2.52. The average Bonchev–Trinajstić information content (AvgIpc) is 2.43. The molecule has 0 amide bonds. The summed E-state index contributed by atoms with van der Waals surface area (Å²) in [5.74, 6) is -0.306. The highest BCUT2D eigenvalue weighted by Crippen LogP contribution is 2.20. The molecule has 0 aliphatic heterocycles. The molecule has 5 heteroatoms. The number of esters is 1. The molecule has 1 rings (SSSR count).